The third-order valence-electron chi connectivity index (χ3n) is 5.46. The molecule has 4 rings (SSSR count). The van der Waals surface area contributed by atoms with Gasteiger partial charge in [-0.3, -0.25) is 4.79 Å². The molecule has 0 saturated carbocycles. The highest BCUT2D eigenvalue weighted by Gasteiger charge is 2.34. The van der Waals surface area contributed by atoms with Gasteiger partial charge in [0.15, 0.2) is 15.6 Å². The summed E-state index contributed by atoms with van der Waals surface area (Å²) in [6, 6.07) is 17.8. The number of ether oxygens (including phenoxy) is 1. The zero-order valence-electron chi connectivity index (χ0n) is 17.9. The smallest absolute Gasteiger partial charge is 0.310 e. The van der Waals surface area contributed by atoms with Crippen LogP contribution >= 0.6 is 0 Å². The molecule has 0 bridgehead atoms. The van der Waals surface area contributed by atoms with Crippen LogP contribution in [0.3, 0.4) is 0 Å². The standard InChI is InChI=1S/C24H24N2O5S/c1-3-32(28,29)16-17-6-8-18(9-7-17)21-15-22(19-10-12-20(30-2)13-11-19)26(25-21)24(27)23-5-4-14-31-23/h4-14,22H,3,15-16H2,1-2H3. The Morgan fingerprint density at radius 2 is 1.84 bits per heavy atom. The molecule has 32 heavy (non-hydrogen) atoms. The van der Waals surface area contributed by atoms with Crippen LogP contribution in [0.15, 0.2) is 76.4 Å². The van der Waals surface area contributed by atoms with E-state index < -0.39 is 9.84 Å². The SMILES string of the molecule is CCS(=O)(=O)Cc1ccc(C2=NN(C(=O)c3ccco3)C(c3ccc(OC)cc3)C2)cc1. The number of nitrogens with zero attached hydrogens (tertiary/aromatic N) is 2. The zero-order valence-corrected chi connectivity index (χ0v) is 18.7. The van der Waals surface area contributed by atoms with Crippen LogP contribution in [0.4, 0.5) is 0 Å². The number of hydrogen-bond donors (Lipinski definition) is 0. The summed E-state index contributed by atoms with van der Waals surface area (Å²) in [5.41, 5.74) is 3.24. The maximum absolute atomic E-state index is 13.1. The minimum absolute atomic E-state index is 0.00777. The molecule has 0 saturated heterocycles. The topological polar surface area (TPSA) is 89.2 Å². The van der Waals surface area contributed by atoms with Crippen molar-refractivity contribution >= 4 is 21.5 Å². The second kappa shape index (κ2) is 9.00. The number of furan rings is 1. The Morgan fingerprint density at radius 1 is 1.12 bits per heavy atom. The lowest BCUT2D eigenvalue weighted by Crippen LogP contribution is -2.26. The van der Waals surface area contributed by atoms with Crippen molar-refractivity contribution in [1.82, 2.24) is 5.01 Å². The van der Waals surface area contributed by atoms with Crippen LogP contribution in [0.2, 0.25) is 0 Å². The number of sulfone groups is 1. The quantitative estimate of drug-likeness (QED) is 0.536. The van der Waals surface area contributed by atoms with Gasteiger partial charge >= 0.3 is 5.91 Å². The van der Waals surface area contributed by atoms with Gasteiger partial charge in [0, 0.05) is 12.2 Å². The predicted molar refractivity (Wildman–Crippen MR) is 121 cm³/mol. The van der Waals surface area contributed by atoms with Crippen molar-refractivity contribution in [2.24, 2.45) is 5.10 Å². The minimum atomic E-state index is -3.10. The molecule has 0 radical (unpaired) electrons. The van der Waals surface area contributed by atoms with E-state index in [1.165, 1.54) is 11.3 Å². The molecular formula is C24H24N2O5S. The summed E-state index contributed by atoms with van der Waals surface area (Å²) in [6.07, 6.45) is 1.98. The predicted octanol–water partition coefficient (Wildman–Crippen LogP) is 4.21. The number of amides is 1. The Hall–Kier alpha value is -3.39. The van der Waals surface area contributed by atoms with Crippen LogP contribution in [-0.2, 0) is 15.6 Å². The van der Waals surface area contributed by atoms with Gasteiger partial charge in [-0.2, -0.15) is 5.10 Å². The fourth-order valence-electron chi connectivity index (χ4n) is 3.62. The highest BCUT2D eigenvalue weighted by atomic mass is 32.2. The molecule has 2 heterocycles. The Kier molecular flexibility index (Phi) is 6.14. The summed E-state index contributed by atoms with van der Waals surface area (Å²) in [4.78, 5) is 13.1. The molecule has 1 atom stereocenters. The summed E-state index contributed by atoms with van der Waals surface area (Å²) in [5.74, 6) is 0.738. The van der Waals surface area contributed by atoms with Crippen LogP contribution in [0.5, 0.6) is 5.75 Å². The van der Waals surface area contributed by atoms with Crippen LogP contribution in [0, 0.1) is 0 Å². The summed E-state index contributed by atoms with van der Waals surface area (Å²) in [6.45, 7) is 1.64. The molecule has 1 aromatic heterocycles. The molecule has 0 fully saturated rings. The van der Waals surface area contributed by atoms with Crippen LogP contribution in [0.1, 0.15) is 46.6 Å². The Morgan fingerprint density at radius 3 is 2.44 bits per heavy atom. The van der Waals surface area contributed by atoms with E-state index >= 15 is 0 Å². The molecule has 1 unspecified atom stereocenters. The third kappa shape index (κ3) is 4.60. The number of methoxy groups -OCH3 is 1. The number of rotatable bonds is 7. The van der Waals surface area contributed by atoms with Gasteiger partial charge in [-0.15, -0.1) is 0 Å². The maximum atomic E-state index is 13.1. The molecule has 1 aliphatic heterocycles. The van der Waals surface area contributed by atoms with Gasteiger partial charge in [-0.1, -0.05) is 43.3 Å². The third-order valence-corrected chi connectivity index (χ3v) is 7.12. The average molecular weight is 453 g/mol. The van der Waals surface area contributed by atoms with Crippen LogP contribution < -0.4 is 4.74 Å². The largest absolute Gasteiger partial charge is 0.497 e. The normalized spacial score (nSPS) is 16.1. The molecule has 1 amide bonds. The number of carbonyl (C=O) groups is 1. The number of hydrogen-bond acceptors (Lipinski definition) is 6. The monoisotopic (exact) mass is 452 g/mol. The van der Waals surface area contributed by atoms with Crippen molar-refractivity contribution in [3.8, 4) is 5.75 Å². The second-order valence-electron chi connectivity index (χ2n) is 7.54. The van der Waals surface area contributed by atoms with E-state index in [0.717, 1.165) is 28.2 Å². The van der Waals surface area contributed by atoms with E-state index in [0.29, 0.717) is 6.42 Å². The Balaban J connectivity index is 1.63. The molecule has 2 aromatic carbocycles. The number of carbonyl (C=O) groups excluding carboxylic acids is 1. The fourth-order valence-corrected chi connectivity index (χ4v) is 4.52. The van der Waals surface area contributed by atoms with E-state index in [2.05, 4.69) is 5.10 Å². The van der Waals surface area contributed by atoms with E-state index in [1.807, 2.05) is 36.4 Å². The Bertz CT molecular complexity index is 1210. The van der Waals surface area contributed by atoms with Gasteiger partial charge in [0.05, 0.1) is 30.9 Å². The van der Waals surface area contributed by atoms with Gasteiger partial charge < -0.3 is 9.15 Å². The second-order valence-corrected chi connectivity index (χ2v) is 9.89. The van der Waals surface area contributed by atoms with Crippen LogP contribution in [-0.4, -0.2) is 37.9 Å². The first kappa shape index (κ1) is 21.8. The van der Waals surface area contributed by atoms with Gasteiger partial charge in [0.25, 0.3) is 0 Å². The summed E-state index contributed by atoms with van der Waals surface area (Å²) in [5, 5.41) is 6.08. The average Bonchev–Trinajstić information content (AvgIpc) is 3.50. The molecule has 8 heteroatoms. The molecule has 0 aliphatic carbocycles. The molecule has 0 spiro atoms. The van der Waals surface area contributed by atoms with E-state index in [4.69, 9.17) is 9.15 Å². The molecular weight excluding hydrogens is 428 g/mol. The maximum Gasteiger partial charge on any atom is 0.310 e. The van der Waals surface area contributed by atoms with E-state index in [9.17, 15) is 13.2 Å². The zero-order chi connectivity index (χ0) is 22.7. The van der Waals surface area contributed by atoms with E-state index in [1.54, 1.807) is 38.3 Å². The lowest BCUT2D eigenvalue weighted by Gasteiger charge is -2.21. The summed E-state index contributed by atoms with van der Waals surface area (Å²) in [7, 11) is -1.50. The van der Waals surface area contributed by atoms with E-state index in [-0.39, 0.29) is 29.2 Å². The minimum Gasteiger partial charge on any atom is -0.497 e. The van der Waals surface area contributed by atoms with Crippen molar-refractivity contribution in [1.29, 1.82) is 0 Å². The molecule has 3 aromatic rings. The van der Waals surface area contributed by atoms with Gasteiger partial charge in [0.2, 0.25) is 0 Å². The Labute approximate surface area is 187 Å². The molecule has 166 valence electrons. The first-order chi connectivity index (χ1) is 15.4. The van der Waals surface area contributed by atoms with Gasteiger partial charge in [-0.25, -0.2) is 13.4 Å². The highest BCUT2D eigenvalue weighted by molar-refractivity contribution is 7.90. The van der Waals surface area contributed by atoms with Crippen molar-refractivity contribution < 1.29 is 22.4 Å². The summed E-state index contributed by atoms with van der Waals surface area (Å²) < 4.78 is 34.3. The fraction of sp³-hybridized carbons (Fsp3) is 0.250. The van der Waals surface area contributed by atoms with Crippen molar-refractivity contribution in [2.45, 2.75) is 25.1 Å². The number of benzene rings is 2. The van der Waals surface area contributed by atoms with Crippen molar-refractivity contribution in [3.05, 3.63) is 89.4 Å². The molecule has 7 nitrogen and oxygen atoms in total. The van der Waals surface area contributed by atoms with Gasteiger partial charge in [-0.05, 0) is 41.0 Å². The lowest BCUT2D eigenvalue weighted by atomic mass is 9.98. The molecule has 1 aliphatic rings. The summed E-state index contributed by atoms with van der Waals surface area (Å²) >= 11 is 0. The van der Waals surface area contributed by atoms with Gasteiger partial charge in [0.1, 0.15) is 5.75 Å². The first-order valence-electron chi connectivity index (χ1n) is 10.3. The number of hydrazone groups is 1. The lowest BCUT2D eigenvalue weighted by molar-refractivity contribution is 0.0678. The first-order valence-corrected chi connectivity index (χ1v) is 12.1. The van der Waals surface area contributed by atoms with Crippen molar-refractivity contribution in [2.75, 3.05) is 12.9 Å². The highest BCUT2D eigenvalue weighted by Crippen LogP contribution is 2.34. The molecule has 0 N–H and O–H groups in total. The van der Waals surface area contributed by atoms with Crippen LogP contribution in [0.25, 0.3) is 0 Å². The van der Waals surface area contributed by atoms with Crippen molar-refractivity contribution in [3.63, 3.8) is 0 Å².